The molecule has 0 saturated heterocycles. The van der Waals surface area contributed by atoms with Gasteiger partial charge in [0.15, 0.2) is 0 Å². The van der Waals surface area contributed by atoms with Crippen molar-refractivity contribution in [2.45, 2.75) is 38.0 Å². The molecule has 4 heteroatoms. The number of nitrogens with zero attached hydrogens (tertiary/aromatic N) is 2. The number of hydrogen-bond donors (Lipinski definition) is 0. The van der Waals surface area contributed by atoms with Crippen molar-refractivity contribution < 1.29 is 0 Å². The normalized spacial score (nSPS) is 14.4. The van der Waals surface area contributed by atoms with Gasteiger partial charge >= 0.3 is 0 Å². The zero-order valence-electron chi connectivity index (χ0n) is 9.01. The van der Waals surface area contributed by atoms with Crippen LogP contribution in [0.15, 0.2) is 10.7 Å². The Hall–Kier alpha value is -0.0200. The third-order valence-electron chi connectivity index (χ3n) is 2.33. The van der Waals surface area contributed by atoms with Gasteiger partial charge in [-0.05, 0) is 29.3 Å². The molecular weight excluding hydrogens is 263 g/mol. The number of halogens is 2. The van der Waals surface area contributed by atoms with Gasteiger partial charge in [-0.3, -0.25) is 4.68 Å². The quantitative estimate of drug-likeness (QED) is 0.775. The van der Waals surface area contributed by atoms with Crippen LogP contribution >= 0.6 is 27.5 Å². The van der Waals surface area contributed by atoms with Gasteiger partial charge in [-0.25, -0.2) is 0 Å². The van der Waals surface area contributed by atoms with E-state index in [0.29, 0.717) is 0 Å². The number of rotatable bonds is 3. The molecule has 0 spiro atoms. The summed E-state index contributed by atoms with van der Waals surface area (Å²) in [5, 5.41) is 4.39. The molecule has 1 aromatic heterocycles. The van der Waals surface area contributed by atoms with Crippen molar-refractivity contribution >= 4 is 27.5 Å². The summed E-state index contributed by atoms with van der Waals surface area (Å²) in [4.78, 5) is 0. The lowest BCUT2D eigenvalue weighted by Crippen LogP contribution is -2.24. The number of aromatic nitrogens is 2. The summed E-state index contributed by atoms with van der Waals surface area (Å²) in [5.74, 6) is 0. The molecule has 14 heavy (non-hydrogen) atoms. The molecule has 1 unspecified atom stereocenters. The molecule has 0 fully saturated rings. The Morgan fingerprint density at radius 3 is 2.57 bits per heavy atom. The highest BCUT2D eigenvalue weighted by molar-refractivity contribution is 9.10. The summed E-state index contributed by atoms with van der Waals surface area (Å²) in [6, 6.07) is 0. The van der Waals surface area contributed by atoms with E-state index in [0.717, 1.165) is 10.9 Å². The van der Waals surface area contributed by atoms with E-state index >= 15 is 0 Å². The number of hydrogen-bond acceptors (Lipinski definition) is 1. The Balaban J connectivity index is 3.02. The van der Waals surface area contributed by atoms with Crippen molar-refractivity contribution in [3.63, 3.8) is 0 Å². The Labute approximate surface area is 98.8 Å². The van der Waals surface area contributed by atoms with E-state index in [1.807, 2.05) is 24.9 Å². The maximum absolute atomic E-state index is 6.04. The number of aryl methyl sites for hydroxylation is 1. The fourth-order valence-electron chi connectivity index (χ4n) is 1.97. The van der Waals surface area contributed by atoms with Crippen LogP contribution in [0.3, 0.4) is 0 Å². The van der Waals surface area contributed by atoms with E-state index in [1.54, 1.807) is 0 Å². The maximum Gasteiger partial charge on any atom is 0.0635 e. The van der Waals surface area contributed by atoms with Crippen LogP contribution in [0, 0.1) is 0 Å². The first-order valence-electron chi connectivity index (χ1n) is 4.66. The minimum atomic E-state index is 0.0469. The summed E-state index contributed by atoms with van der Waals surface area (Å²) < 4.78 is 2.96. The molecule has 80 valence electrons. The largest absolute Gasteiger partial charge is 0.271 e. The van der Waals surface area contributed by atoms with Crippen LogP contribution in [-0.4, -0.2) is 15.2 Å². The average Bonchev–Trinajstić information content (AvgIpc) is 2.27. The standard InChI is InChI=1S/C10H16BrClN2/c1-7(12)5-10(2,3)9-8(11)6-13-14(9)4/h6-7H,5H2,1-4H3. The Morgan fingerprint density at radius 1 is 1.64 bits per heavy atom. The van der Waals surface area contributed by atoms with Crippen molar-refractivity contribution in [2.24, 2.45) is 7.05 Å². The molecule has 0 N–H and O–H groups in total. The SMILES string of the molecule is CC(Cl)CC(C)(C)c1c(Br)cnn1C. The van der Waals surface area contributed by atoms with E-state index in [-0.39, 0.29) is 10.8 Å². The molecule has 0 aliphatic rings. The third-order valence-corrected chi connectivity index (χ3v) is 3.06. The molecule has 1 rings (SSSR count). The van der Waals surface area contributed by atoms with Crippen LogP contribution in [0.5, 0.6) is 0 Å². The molecule has 0 bridgehead atoms. The summed E-state index contributed by atoms with van der Waals surface area (Å²) in [6.45, 7) is 6.40. The second kappa shape index (κ2) is 4.23. The van der Waals surface area contributed by atoms with Gasteiger partial charge in [0, 0.05) is 17.8 Å². The van der Waals surface area contributed by atoms with E-state index < -0.39 is 0 Å². The lowest BCUT2D eigenvalue weighted by Gasteiger charge is -2.26. The maximum atomic E-state index is 6.04. The van der Waals surface area contributed by atoms with Gasteiger partial charge in [0.2, 0.25) is 0 Å². The van der Waals surface area contributed by atoms with Crippen LogP contribution in [0.2, 0.25) is 0 Å². The first kappa shape index (κ1) is 12.1. The van der Waals surface area contributed by atoms with Crippen molar-refractivity contribution in [3.8, 4) is 0 Å². The van der Waals surface area contributed by atoms with Gasteiger partial charge in [0.1, 0.15) is 0 Å². The summed E-state index contributed by atoms with van der Waals surface area (Å²) in [6.07, 6.45) is 2.77. The van der Waals surface area contributed by atoms with Crippen LogP contribution < -0.4 is 0 Å². The Morgan fingerprint density at radius 2 is 2.21 bits per heavy atom. The smallest absolute Gasteiger partial charge is 0.0635 e. The fourth-order valence-corrected chi connectivity index (χ4v) is 3.24. The Kier molecular flexibility index (Phi) is 3.64. The first-order chi connectivity index (χ1) is 6.34. The van der Waals surface area contributed by atoms with Crippen LogP contribution in [0.1, 0.15) is 32.9 Å². The molecule has 0 aliphatic heterocycles. The number of alkyl halides is 1. The van der Waals surface area contributed by atoms with E-state index in [9.17, 15) is 0 Å². The highest BCUT2D eigenvalue weighted by Crippen LogP contribution is 2.34. The molecule has 0 aliphatic carbocycles. The highest BCUT2D eigenvalue weighted by atomic mass is 79.9. The zero-order valence-corrected chi connectivity index (χ0v) is 11.4. The minimum absolute atomic E-state index is 0.0469. The fraction of sp³-hybridized carbons (Fsp3) is 0.700. The second-order valence-corrected chi connectivity index (χ2v) is 5.93. The van der Waals surface area contributed by atoms with Crippen LogP contribution in [-0.2, 0) is 12.5 Å². The van der Waals surface area contributed by atoms with Crippen molar-refractivity contribution in [1.82, 2.24) is 9.78 Å². The van der Waals surface area contributed by atoms with Crippen LogP contribution in [0.4, 0.5) is 0 Å². The van der Waals surface area contributed by atoms with Crippen LogP contribution in [0.25, 0.3) is 0 Å². The molecule has 1 aromatic rings. The highest BCUT2D eigenvalue weighted by Gasteiger charge is 2.28. The molecular formula is C10H16BrClN2. The summed E-state index contributed by atoms with van der Waals surface area (Å²) in [5.41, 5.74) is 1.25. The second-order valence-electron chi connectivity index (χ2n) is 4.33. The summed E-state index contributed by atoms with van der Waals surface area (Å²) in [7, 11) is 1.96. The molecule has 0 saturated carbocycles. The van der Waals surface area contributed by atoms with Gasteiger partial charge < -0.3 is 0 Å². The van der Waals surface area contributed by atoms with Gasteiger partial charge in [-0.15, -0.1) is 11.6 Å². The van der Waals surface area contributed by atoms with Gasteiger partial charge in [0.05, 0.1) is 16.4 Å². The molecule has 0 amide bonds. The predicted molar refractivity (Wildman–Crippen MR) is 63.9 cm³/mol. The molecule has 1 atom stereocenters. The molecule has 0 aromatic carbocycles. The average molecular weight is 280 g/mol. The lowest BCUT2D eigenvalue weighted by atomic mass is 9.84. The van der Waals surface area contributed by atoms with Crippen molar-refractivity contribution in [3.05, 3.63) is 16.4 Å². The molecule has 2 nitrogen and oxygen atoms in total. The third kappa shape index (κ3) is 2.51. The van der Waals surface area contributed by atoms with E-state index in [2.05, 4.69) is 34.9 Å². The molecule has 0 radical (unpaired) electrons. The van der Waals surface area contributed by atoms with Gasteiger partial charge in [-0.1, -0.05) is 13.8 Å². The van der Waals surface area contributed by atoms with E-state index in [1.165, 1.54) is 5.69 Å². The van der Waals surface area contributed by atoms with Crippen molar-refractivity contribution in [2.75, 3.05) is 0 Å². The molecule has 1 heterocycles. The predicted octanol–water partition coefficient (Wildman–Crippen LogP) is 3.48. The lowest BCUT2D eigenvalue weighted by molar-refractivity contribution is 0.437. The van der Waals surface area contributed by atoms with E-state index in [4.69, 9.17) is 11.6 Å². The van der Waals surface area contributed by atoms with Crippen molar-refractivity contribution in [1.29, 1.82) is 0 Å². The Bertz CT molecular complexity index is 298. The minimum Gasteiger partial charge on any atom is -0.271 e. The topological polar surface area (TPSA) is 17.8 Å². The first-order valence-corrected chi connectivity index (χ1v) is 5.89. The monoisotopic (exact) mass is 278 g/mol. The van der Waals surface area contributed by atoms with Gasteiger partial charge in [0.25, 0.3) is 0 Å². The summed E-state index contributed by atoms with van der Waals surface area (Å²) >= 11 is 9.56. The zero-order chi connectivity index (χ0) is 10.9. The van der Waals surface area contributed by atoms with Gasteiger partial charge in [-0.2, -0.15) is 5.10 Å².